The van der Waals surface area contributed by atoms with Crippen molar-refractivity contribution in [3.05, 3.63) is 83.5 Å². The van der Waals surface area contributed by atoms with Crippen molar-refractivity contribution >= 4 is 28.6 Å². The second kappa shape index (κ2) is 13.2. The lowest BCUT2D eigenvalue weighted by molar-refractivity contribution is 0.187. The topological polar surface area (TPSA) is 45.4 Å². The van der Waals surface area contributed by atoms with Gasteiger partial charge < -0.3 is 15.5 Å². The summed E-state index contributed by atoms with van der Waals surface area (Å²) >= 11 is 6.44. The summed E-state index contributed by atoms with van der Waals surface area (Å²) in [5.74, 6) is 0. The average Bonchev–Trinajstić information content (AvgIpc) is 3.67. The van der Waals surface area contributed by atoms with Crippen molar-refractivity contribution in [2.75, 3.05) is 33.2 Å². The molecule has 5 heteroatoms. The highest BCUT2D eigenvalue weighted by Gasteiger charge is 2.39. The third-order valence-electron chi connectivity index (χ3n) is 7.11. The first-order chi connectivity index (χ1) is 17.7. The van der Waals surface area contributed by atoms with E-state index >= 15 is 0 Å². The van der Waals surface area contributed by atoms with Crippen LogP contribution in [0.5, 0.6) is 0 Å². The maximum absolute atomic E-state index is 6.44. The lowest BCUT2D eigenvalue weighted by Crippen LogP contribution is -2.43. The van der Waals surface area contributed by atoms with Gasteiger partial charge in [-0.25, -0.2) is 4.98 Å². The summed E-state index contributed by atoms with van der Waals surface area (Å²) < 4.78 is 0. The number of nitrogens with zero attached hydrogens (tertiary/aromatic N) is 3. The van der Waals surface area contributed by atoms with Crippen LogP contribution in [0.15, 0.2) is 67.4 Å². The maximum atomic E-state index is 6.44. The Hall–Kier alpha value is -2.66. The zero-order valence-corrected chi connectivity index (χ0v) is 23.8. The third kappa shape index (κ3) is 7.91. The van der Waals surface area contributed by atoms with Gasteiger partial charge in [0.05, 0.1) is 16.2 Å². The van der Waals surface area contributed by atoms with E-state index in [0.29, 0.717) is 5.02 Å². The Bertz CT molecular complexity index is 1190. The molecule has 0 atom stereocenters. The van der Waals surface area contributed by atoms with E-state index in [9.17, 15) is 0 Å². The van der Waals surface area contributed by atoms with Gasteiger partial charge in [0.1, 0.15) is 0 Å². The fraction of sp³-hybridized carbons (Fsp3) is 0.406. The van der Waals surface area contributed by atoms with Crippen LogP contribution >= 0.6 is 11.6 Å². The number of benzene rings is 2. The fourth-order valence-electron chi connectivity index (χ4n) is 4.06. The molecule has 0 radical (unpaired) electrons. The van der Waals surface area contributed by atoms with Crippen molar-refractivity contribution in [2.45, 2.75) is 52.0 Å². The summed E-state index contributed by atoms with van der Waals surface area (Å²) in [7, 11) is 2.16. The van der Waals surface area contributed by atoms with E-state index in [1.165, 1.54) is 37.2 Å². The molecular formula is C32H43ClN4. The van der Waals surface area contributed by atoms with Crippen LogP contribution in [0.2, 0.25) is 5.02 Å². The molecule has 4 nitrogen and oxygen atoms in total. The zero-order chi connectivity index (χ0) is 27.0. The molecule has 0 amide bonds. The Balaban J connectivity index is 0.000000226. The number of nitrogens with two attached hydrogens (primary N) is 1. The van der Waals surface area contributed by atoms with Crippen molar-refractivity contribution < 1.29 is 0 Å². The second-order valence-electron chi connectivity index (χ2n) is 10.2. The van der Waals surface area contributed by atoms with E-state index in [2.05, 4.69) is 75.0 Å². The molecule has 3 aromatic rings. The summed E-state index contributed by atoms with van der Waals surface area (Å²) in [6.07, 6.45) is 6.58. The molecule has 2 aliphatic rings. The smallest absolute Gasteiger partial charge is 0.0730 e. The molecule has 0 bridgehead atoms. The molecule has 2 aromatic carbocycles. The predicted octanol–water partition coefficient (Wildman–Crippen LogP) is 7.72. The first kappa shape index (κ1) is 28.9. The minimum absolute atomic E-state index is 0.105. The van der Waals surface area contributed by atoms with Gasteiger partial charge in [-0.05, 0) is 50.1 Å². The van der Waals surface area contributed by atoms with Gasteiger partial charge in [-0.3, -0.25) is 0 Å². The minimum Gasteiger partial charge on any atom is -0.373 e. The summed E-state index contributed by atoms with van der Waals surface area (Å²) in [5.41, 5.74) is 12.4. The number of halogens is 1. The summed E-state index contributed by atoms with van der Waals surface area (Å²) in [4.78, 5) is 9.44. The number of fused-ring (bicyclic) bond motifs is 1. The highest BCUT2D eigenvalue weighted by Crippen LogP contribution is 2.43. The Labute approximate surface area is 228 Å². The van der Waals surface area contributed by atoms with Crippen LogP contribution in [0.25, 0.3) is 28.2 Å². The monoisotopic (exact) mass is 518 g/mol. The quantitative estimate of drug-likeness (QED) is 0.375. The minimum atomic E-state index is -0.105. The van der Waals surface area contributed by atoms with Gasteiger partial charge >= 0.3 is 0 Å². The fourth-order valence-corrected chi connectivity index (χ4v) is 4.33. The van der Waals surface area contributed by atoms with Crippen molar-refractivity contribution in [1.29, 1.82) is 0 Å². The van der Waals surface area contributed by atoms with E-state index in [-0.39, 0.29) is 5.54 Å². The molecule has 5 rings (SSSR count). The SMILES string of the molecule is C=C(C)N1CCN(C)CC1.C=Cc1ccc2c(Cl)cc(-c3ccc(C4(N)CC4)cc3)nc2c1.CCCC. The van der Waals surface area contributed by atoms with Crippen LogP contribution in [-0.2, 0) is 5.54 Å². The Morgan fingerprint density at radius 1 is 1.03 bits per heavy atom. The molecule has 1 saturated carbocycles. The molecule has 0 spiro atoms. The number of aromatic nitrogens is 1. The second-order valence-corrected chi connectivity index (χ2v) is 10.6. The predicted molar refractivity (Wildman–Crippen MR) is 162 cm³/mol. The van der Waals surface area contributed by atoms with Crippen LogP contribution in [0.1, 0.15) is 57.6 Å². The van der Waals surface area contributed by atoms with Crippen molar-refractivity contribution in [3.63, 3.8) is 0 Å². The largest absolute Gasteiger partial charge is 0.373 e. The van der Waals surface area contributed by atoms with Gasteiger partial charge in [0.15, 0.2) is 0 Å². The van der Waals surface area contributed by atoms with Gasteiger partial charge in [0, 0.05) is 48.4 Å². The van der Waals surface area contributed by atoms with Gasteiger partial charge in [0.25, 0.3) is 0 Å². The molecule has 2 N–H and O–H groups in total. The zero-order valence-electron chi connectivity index (χ0n) is 23.1. The number of hydrogen-bond donors (Lipinski definition) is 1. The summed E-state index contributed by atoms with van der Waals surface area (Å²) in [6.45, 7) is 18.8. The van der Waals surface area contributed by atoms with E-state index in [0.717, 1.165) is 53.7 Å². The van der Waals surface area contributed by atoms with Gasteiger partial charge in [-0.15, -0.1) is 0 Å². The molecule has 37 heavy (non-hydrogen) atoms. The van der Waals surface area contributed by atoms with Crippen LogP contribution < -0.4 is 5.73 Å². The highest BCUT2D eigenvalue weighted by molar-refractivity contribution is 6.35. The number of likely N-dealkylation sites (N-methyl/N-ethyl adjacent to an activating group) is 1. The van der Waals surface area contributed by atoms with Crippen LogP contribution in [0.4, 0.5) is 0 Å². The number of allylic oxidation sites excluding steroid dienone is 1. The Morgan fingerprint density at radius 3 is 2.16 bits per heavy atom. The Kier molecular flexibility index (Phi) is 10.3. The standard InChI is InChI=1S/C20H17ClN2.C8H16N2.C4H10/c1-2-13-3-8-16-17(21)12-18(23-19(16)11-13)14-4-6-15(7-5-14)20(22)9-10-20;1-8(2)10-6-4-9(3)5-7-10;1-3-4-2/h2-8,11-12H,1,9-10,22H2;1,4-7H2,2-3H3;3-4H2,1-2H3. The average molecular weight is 519 g/mol. The first-order valence-electron chi connectivity index (χ1n) is 13.4. The normalized spacial score (nSPS) is 16.2. The van der Waals surface area contributed by atoms with Gasteiger partial charge in [0.2, 0.25) is 0 Å². The Morgan fingerprint density at radius 2 is 1.65 bits per heavy atom. The molecule has 198 valence electrons. The number of pyridine rings is 1. The van der Waals surface area contributed by atoms with E-state index in [4.69, 9.17) is 22.3 Å². The van der Waals surface area contributed by atoms with E-state index in [1.807, 2.05) is 30.3 Å². The van der Waals surface area contributed by atoms with Crippen molar-refractivity contribution in [2.24, 2.45) is 5.73 Å². The molecule has 1 aliphatic carbocycles. The maximum Gasteiger partial charge on any atom is 0.0730 e. The third-order valence-corrected chi connectivity index (χ3v) is 7.42. The lowest BCUT2D eigenvalue weighted by atomic mass is 10.0. The number of hydrogen-bond acceptors (Lipinski definition) is 4. The highest BCUT2D eigenvalue weighted by atomic mass is 35.5. The summed E-state index contributed by atoms with van der Waals surface area (Å²) in [6, 6.07) is 16.2. The number of rotatable bonds is 5. The lowest BCUT2D eigenvalue weighted by Gasteiger charge is -2.33. The molecule has 2 fully saturated rings. The van der Waals surface area contributed by atoms with Gasteiger partial charge in [-0.1, -0.05) is 93.9 Å². The van der Waals surface area contributed by atoms with Gasteiger partial charge in [-0.2, -0.15) is 0 Å². The van der Waals surface area contributed by atoms with Crippen molar-refractivity contribution in [1.82, 2.24) is 14.8 Å². The number of piperazine rings is 1. The number of unbranched alkanes of at least 4 members (excludes halogenated alkanes) is 1. The van der Waals surface area contributed by atoms with E-state index in [1.54, 1.807) is 0 Å². The molecule has 1 aliphatic heterocycles. The van der Waals surface area contributed by atoms with Crippen LogP contribution in [0, 0.1) is 0 Å². The molecule has 1 aromatic heterocycles. The van der Waals surface area contributed by atoms with Crippen molar-refractivity contribution in [3.8, 4) is 11.3 Å². The summed E-state index contributed by atoms with van der Waals surface area (Å²) in [5, 5.41) is 1.67. The molecule has 1 saturated heterocycles. The van der Waals surface area contributed by atoms with Crippen LogP contribution in [-0.4, -0.2) is 48.0 Å². The van der Waals surface area contributed by atoms with Crippen LogP contribution in [0.3, 0.4) is 0 Å². The first-order valence-corrected chi connectivity index (χ1v) is 13.8. The van der Waals surface area contributed by atoms with E-state index < -0.39 is 0 Å². The molecular weight excluding hydrogens is 476 g/mol. The molecule has 0 unspecified atom stereocenters. The molecule has 2 heterocycles.